The number of aromatic hydroxyl groups is 1. The van der Waals surface area contributed by atoms with Gasteiger partial charge >= 0.3 is 0 Å². The second-order valence-corrected chi connectivity index (χ2v) is 6.66. The third kappa shape index (κ3) is 4.52. The molecule has 0 aliphatic rings. The third-order valence-electron chi connectivity index (χ3n) is 4.38. The molecule has 0 atom stereocenters. The fourth-order valence-corrected chi connectivity index (χ4v) is 2.87. The summed E-state index contributed by atoms with van der Waals surface area (Å²) in [6, 6.07) is 12.8. The lowest BCUT2D eigenvalue weighted by atomic mass is 10.1. The van der Waals surface area contributed by atoms with Crippen LogP contribution in [0.2, 0.25) is 0 Å². The van der Waals surface area contributed by atoms with Gasteiger partial charge in [-0.3, -0.25) is 10.00 Å². The quantitative estimate of drug-likeness (QED) is 0.438. The lowest BCUT2D eigenvalue weighted by Crippen LogP contribution is -2.13. The number of aryl methyl sites for hydroxylation is 3. The molecule has 0 unspecified atom stereocenters. The van der Waals surface area contributed by atoms with Gasteiger partial charge in [0, 0.05) is 25.4 Å². The number of benzene rings is 1. The normalized spacial score (nSPS) is 10.8. The summed E-state index contributed by atoms with van der Waals surface area (Å²) in [4.78, 5) is 10.5. The smallest absolute Gasteiger partial charge is 0.232 e. The topological polar surface area (TPSA) is 116 Å². The fraction of sp³-hybridized carbons (Fsp3) is 0.200. The standard InChI is InChI=1S/C20H21N7O2/c1-13-10-19(26-29-13)27(2)20-21-9-8-17(23-20)22-18-12-15(24-25-18)7-6-14-4-3-5-16(28)11-14/h3-5,8-12,28H,6-7H2,1-2H3,(H2,21,22,23,24,25). The first-order valence-corrected chi connectivity index (χ1v) is 9.16. The van der Waals surface area contributed by atoms with E-state index in [0.717, 1.165) is 35.7 Å². The van der Waals surface area contributed by atoms with Crippen molar-refractivity contribution in [2.24, 2.45) is 0 Å². The Bertz CT molecular complexity index is 1110. The van der Waals surface area contributed by atoms with E-state index >= 15 is 0 Å². The summed E-state index contributed by atoms with van der Waals surface area (Å²) in [5.41, 5.74) is 1.98. The monoisotopic (exact) mass is 391 g/mol. The molecule has 4 aromatic rings. The highest BCUT2D eigenvalue weighted by Crippen LogP contribution is 2.22. The van der Waals surface area contributed by atoms with Crippen LogP contribution in [0.15, 0.2) is 53.2 Å². The molecule has 29 heavy (non-hydrogen) atoms. The zero-order chi connectivity index (χ0) is 20.2. The molecule has 3 heterocycles. The van der Waals surface area contributed by atoms with Crippen molar-refractivity contribution in [2.45, 2.75) is 19.8 Å². The van der Waals surface area contributed by atoms with Gasteiger partial charge in [-0.25, -0.2) is 4.98 Å². The Balaban J connectivity index is 1.41. The van der Waals surface area contributed by atoms with Gasteiger partial charge in [0.25, 0.3) is 0 Å². The summed E-state index contributed by atoms with van der Waals surface area (Å²) < 4.78 is 5.11. The van der Waals surface area contributed by atoms with Gasteiger partial charge in [-0.15, -0.1) is 0 Å². The zero-order valence-electron chi connectivity index (χ0n) is 16.1. The van der Waals surface area contributed by atoms with Crippen LogP contribution in [0.5, 0.6) is 5.75 Å². The van der Waals surface area contributed by atoms with Crippen molar-refractivity contribution >= 4 is 23.4 Å². The number of nitrogens with zero attached hydrogens (tertiary/aromatic N) is 5. The summed E-state index contributed by atoms with van der Waals surface area (Å²) in [5, 5.41) is 24.0. The number of aromatic nitrogens is 5. The average molecular weight is 391 g/mol. The van der Waals surface area contributed by atoms with Gasteiger partial charge in [-0.2, -0.15) is 10.1 Å². The molecule has 9 heteroatoms. The van der Waals surface area contributed by atoms with Crippen molar-refractivity contribution in [3.05, 3.63) is 65.7 Å². The molecule has 3 N–H and O–H groups in total. The molecule has 1 aromatic carbocycles. The van der Waals surface area contributed by atoms with Gasteiger partial charge in [-0.05, 0) is 43.5 Å². The summed E-state index contributed by atoms with van der Waals surface area (Å²) in [6.07, 6.45) is 3.22. The number of phenolic OH excluding ortho intramolecular Hbond substituents is 1. The number of anilines is 4. The van der Waals surface area contributed by atoms with E-state index in [2.05, 4.69) is 30.6 Å². The van der Waals surface area contributed by atoms with Crippen LogP contribution in [0.3, 0.4) is 0 Å². The second kappa shape index (κ2) is 8.01. The zero-order valence-corrected chi connectivity index (χ0v) is 16.1. The highest BCUT2D eigenvalue weighted by molar-refractivity contribution is 5.56. The van der Waals surface area contributed by atoms with Crippen LogP contribution in [0.4, 0.5) is 23.4 Å². The van der Waals surface area contributed by atoms with Gasteiger partial charge in [0.2, 0.25) is 5.95 Å². The van der Waals surface area contributed by atoms with E-state index in [9.17, 15) is 5.11 Å². The number of nitrogens with one attached hydrogen (secondary N) is 2. The van der Waals surface area contributed by atoms with Crippen LogP contribution >= 0.6 is 0 Å². The summed E-state index contributed by atoms with van der Waals surface area (Å²) in [7, 11) is 1.83. The maximum atomic E-state index is 9.56. The molecular formula is C20H21N7O2. The number of phenols is 1. The van der Waals surface area contributed by atoms with Crippen molar-refractivity contribution in [3.8, 4) is 5.75 Å². The molecule has 0 fully saturated rings. The molecule has 0 saturated heterocycles. The van der Waals surface area contributed by atoms with E-state index in [-0.39, 0.29) is 5.75 Å². The van der Waals surface area contributed by atoms with E-state index < -0.39 is 0 Å². The highest BCUT2D eigenvalue weighted by atomic mass is 16.5. The number of hydrogen-bond donors (Lipinski definition) is 3. The predicted octanol–water partition coefficient (Wildman–Crippen LogP) is 3.50. The van der Waals surface area contributed by atoms with E-state index in [0.29, 0.717) is 17.6 Å². The number of rotatable bonds is 7. The maximum Gasteiger partial charge on any atom is 0.232 e. The SMILES string of the molecule is Cc1cc(N(C)c2nccc(Nc3cc(CCc4cccc(O)c4)n[nH]3)n2)no1. The summed E-state index contributed by atoms with van der Waals surface area (Å²) in [6.45, 7) is 1.83. The highest BCUT2D eigenvalue weighted by Gasteiger charge is 2.12. The fourth-order valence-electron chi connectivity index (χ4n) is 2.87. The molecule has 148 valence electrons. The van der Waals surface area contributed by atoms with Gasteiger partial charge in [-0.1, -0.05) is 17.3 Å². The van der Waals surface area contributed by atoms with Gasteiger partial charge in [0.15, 0.2) is 5.82 Å². The van der Waals surface area contributed by atoms with Gasteiger partial charge < -0.3 is 14.9 Å². The van der Waals surface area contributed by atoms with Crippen molar-refractivity contribution in [1.29, 1.82) is 0 Å². The van der Waals surface area contributed by atoms with E-state index in [4.69, 9.17) is 4.52 Å². The van der Waals surface area contributed by atoms with Crippen LogP contribution < -0.4 is 10.2 Å². The van der Waals surface area contributed by atoms with Crippen LogP contribution in [-0.2, 0) is 12.8 Å². The molecular weight excluding hydrogens is 370 g/mol. The minimum atomic E-state index is 0.275. The lowest BCUT2D eigenvalue weighted by molar-refractivity contribution is 0.398. The second-order valence-electron chi connectivity index (χ2n) is 6.66. The predicted molar refractivity (Wildman–Crippen MR) is 109 cm³/mol. The molecule has 0 amide bonds. The molecule has 9 nitrogen and oxygen atoms in total. The minimum absolute atomic E-state index is 0.275. The Kier molecular flexibility index (Phi) is 5.10. The van der Waals surface area contributed by atoms with Crippen LogP contribution in [0.25, 0.3) is 0 Å². The van der Waals surface area contributed by atoms with Crippen molar-refractivity contribution < 1.29 is 9.63 Å². The Morgan fingerprint density at radius 2 is 2.07 bits per heavy atom. The van der Waals surface area contributed by atoms with E-state index in [1.807, 2.05) is 38.2 Å². The molecule has 0 aliphatic carbocycles. The Morgan fingerprint density at radius 1 is 1.17 bits per heavy atom. The van der Waals surface area contributed by atoms with Crippen molar-refractivity contribution in [1.82, 2.24) is 25.3 Å². The average Bonchev–Trinajstić information content (AvgIpc) is 3.35. The Labute approximate surface area is 167 Å². The first-order valence-electron chi connectivity index (χ1n) is 9.16. The molecule has 3 aromatic heterocycles. The van der Waals surface area contributed by atoms with E-state index in [1.165, 1.54) is 0 Å². The maximum absolute atomic E-state index is 9.56. The van der Waals surface area contributed by atoms with Crippen LogP contribution in [-0.4, -0.2) is 37.5 Å². The molecule has 0 aliphatic heterocycles. The Hall–Kier alpha value is -3.88. The lowest BCUT2D eigenvalue weighted by Gasteiger charge is -2.13. The van der Waals surface area contributed by atoms with Crippen LogP contribution in [0.1, 0.15) is 17.0 Å². The van der Waals surface area contributed by atoms with Gasteiger partial charge in [0.1, 0.15) is 23.1 Å². The first kappa shape index (κ1) is 18.5. The molecule has 4 rings (SSSR count). The van der Waals surface area contributed by atoms with Crippen molar-refractivity contribution in [3.63, 3.8) is 0 Å². The largest absolute Gasteiger partial charge is 0.508 e. The molecule has 0 spiro atoms. The molecule has 0 radical (unpaired) electrons. The van der Waals surface area contributed by atoms with Crippen LogP contribution in [0, 0.1) is 6.92 Å². The molecule has 0 bridgehead atoms. The van der Waals surface area contributed by atoms with Crippen molar-refractivity contribution in [2.75, 3.05) is 17.3 Å². The molecule has 0 saturated carbocycles. The van der Waals surface area contributed by atoms with Gasteiger partial charge in [0.05, 0.1) is 5.69 Å². The van der Waals surface area contributed by atoms with E-state index in [1.54, 1.807) is 29.3 Å². The number of aromatic amines is 1. The minimum Gasteiger partial charge on any atom is -0.508 e. The number of H-pyrrole nitrogens is 1. The first-order chi connectivity index (χ1) is 14.1. The number of hydrogen-bond acceptors (Lipinski definition) is 8. The third-order valence-corrected chi connectivity index (χ3v) is 4.38. The summed E-state index contributed by atoms with van der Waals surface area (Å²) >= 11 is 0. The Morgan fingerprint density at radius 3 is 2.86 bits per heavy atom. The summed E-state index contributed by atoms with van der Waals surface area (Å²) in [5.74, 6) is 3.49.